The number of nitrogens with two attached hydrogens (primary N) is 1. The molecule has 0 aromatic heterocycles. The molecule has 1 rings (SSSR count). The molecule has 1 aromatic carbocycles. The molecule has 0 aliphatic heterocycles. The largest absolute Gasteiger partial charge is 0.494 e. The van der Waals surface area contributed by atoms with Gasteiger partial charge in [-0.15, -0.1) is 0 Å². The Morgan fingerprint density at radius 3 is 2.57 bits per heavy atom. The van der Waals surface area contributed by atoms with E-state index in [1.54, 1.807) is 0 Å². The first kappa shape index (κ1) is 18.0. The fourth-order valence-electron chi connectivity index (χ4n) is 2.23. The minimum absolute atomic E-state index is 0.562. The van der Waals surface area contributed by atoms with Gasteiger partial charge in [-0.05, 0) is 51.2 Å². The number of hydrogen-bond donors (Lipinski definition) is 1. The minimum atomic E-state index is 0.562. The van der Waals surface area contributed by atoms with Crippen molar-refractivity contribution in [2.24, 2.45) is 5.73 Å². The Kier molecular flexibility index (Phi) is 9.06. The number of likely N-dealkylation sites (N-methyl/N-ethyl adjacent to an activating group) is 1. The van der Waals surface area contributed by atoms with Gasteiger partial charge in [-0.3, -0.25) is 0 Å². The zero-order chi connectivity index (χ0) is 15.5. The first-order valence-corrected chi connectivity index (χ1v) is 7.94. The van der Waals surface area contributed by atoms with Gasteiger partial charge < -0.3 is 20.3 Å². The molecule has 0 atom stereocenters. The second-order valence-corrected chi connectivity index (χ2v) is 5.70. The van der Waals surface area contributed by atoms with E-state index in [1.165, 1.54) is 6.42 Å². The third-order valence-corrected chi connectivity index (χ3v) is 3.42. The molecule has 0 unspecified atom stereocenters. The zero-order valence-electron chi connectivity index (χ0n) is 13.8. The Bertz CT molecular complexity index is 382. The van der Waals surface area contributed by atoms with Gasteiger partial charge in [-0.2, -0.15) is 0 Å². The normalized spacial score (nSPS) is 11.3. The van der Waals surface area contributed by atoms with Crippen molar-refractivity contribution < 1.29 is 4.74 Å². The highest BCUT2D eigenvalue weighted by atomic mass is 16.5. The van der Waals surface area contributed by atoms with E-state index in [9.17, 15) is 0 Å². The van der Waals surface area contributed by atoms with Crippen LogP contribution in [0.3, 0.4) is 0 Å². The van der Waals surface area contributed by atoms with E-state index in [0.29, 0.717) is 6.54 Å². The van der Waals surface area contributed by atoms with Gasteiger partial charge in [-0.1, -0.05) is 19.1 Å². The van der Waals surface area contributed by atoms with E-state index < -0.39 is 0 Å². The van der Waals surface area contributed by atoms with Crippen LogP contribution in [0.1, 0.15) is 25.3 Å². The highest BCUT2D eigenvalue weighted by Crippen LogP contribution is 2.13. The number of rotatable bonds is 11. The van der Waals surface area contributed by atoms with Crippen molar-refractivity contribution in [3.8, 4) is 5.75 Å². The second kappa shape index (κ2) is 10.6. The highest BCUT2D eigenvalue weighted by Gasteiger charge is 2.04. The molecule has 2 N–H and O–H groups in total. The van der Waals surface area contributed by atoms with Crippen LogP contribution in [-0.2, 0) is 6.54 Å². The SMILES string of the molecule is CCCN(CCCOc1cccc(CN)c1)CCN(C)C. The van der Waals surface area contributed by atoms with Crippen LogP contribution in [-0.4, -0.2) is 56.7 Å². The lowest BCUT2D eigenvalue weighted by Crippen LogP contribution is -2.33. The van der Waals surface area contributed by atoms with Crippen LogP contribution in [0, 0.1) is 0 Å². The van der Waals surface area contributed by atoms with Crippen molar-refractivity contribution in [1.82, 2.24) is 9.80 Å². The molecule has 120 valence electrons. The Morgan fingerprint density at radius 2 is 1.90 bits per heavy atom. The van der Waals surface area contributed by atoms with E-state index in [1.807, 2.05) is 24.3 Å². The zero-order valence-corrected chi connectivity index (χ0v) is 13.8. The Balaban J connectivity index is 2.26. The van der Waals surface area contributed by atoms with Crippen molar-refractivity contribution in [1.29, 1.82) is 0 Å². The molecule has 0 fully saturated rings. The number of hydrogen-bond acceptors (Lipinski definition) is 4. The summed E-state index contributed by atoms with van der Waals surface area (Å²) < 4.78 is 5.81. The second-order valence-electron chi connectivity index (χ2n) is 5.70. The maximum absolute atomic E-state index is 5.81. The predicted molar refractivity (Wildman–Crippen MR) is 89.7 cm³/mol. The quantitative estimate of drug-likeness (QED) is 0.635. The van der Waals surface area contributed by atoms with Crippen molar-refractivity contribution >= 4 is 0 Å². The van der Waals surface area contributed by atoms with E-state index in [2.05, 4.69) is 30.8 Å². The molecule has 4 heteroatoms. The van der Waals surface area contributed by atoms with Gasteiger partial charge >= 0.3 is 0 Å². The molecule has 0 radical (unpaired) electrons. The summed E-state index contributed by atoms with van der Waals surface area (Å²) in [6.45, 7) is 8.05. The van der Waals surface area contributed by atoms with Crippen LogP contribution >= 0.6 is 0 Å². The summed E-state index contributed by atoms with van der Waals surface area (Å²) in [6, 6.07) is 8.04. The maximum Gasteiger partial charge on any atom is 0.119 e. The fraction of sp³-hybridized carbons (Fsp3) is 0.647. The maximum atomic E-state index is 5.81. The molecular formula is C17H31N3O. The molecule has 0 bridgehead atoms. The predicted octanol–water partition coefficient (Wildman–Crippen LogP) is 2.19. The number of benzene rings is 1. The average Bonchev–Trinajstić information content (AvgIpc) is 2.49. The first-order chi connectivity index (χ1) is 10.2. The molecule has 0 amide bonds. The summed E-state index contributed by atoms with van der Waals surface area (Å²) >= 11 is 0. The van der Waals surface area contributed by atoms with Gasteiger partial charge in [0.2, 0.25) is 0 Å². The Labute approximate surface area is 129 Å². The first-order valence-electron chi connectivity index (χ1n) is 7.94. The van der Waals surface area contributed by atoms with Crippen LogP contribution in [0.4, 0.5) is 0 Å². The summed E-state index contributed by atoms with van der Waals surface area (Å²) in [6.07, 6.45) is 2.26. The summed E-state index contributed by atoms with van der Waals surface area (Å²) in [5.74, 6) is 0.924. The molecule has 0 spiro atoms. The molecule has 4 nitrogen and oxygen atoms in total. The van der Waals surface area contributed by atoms with Crippen molar-refractivity contribution in [2.45, 2.75) is 26.3 Å². The minimum Gasteiger partial charge on any atom is -0.494 e. The third kappa shape index (κ3) is 8.05. The van der Waals surface area contributed by atoms with Crippen LogP contribution in [0.15, 0.2) is 24.3 Å². The smallest absolute Gasteiger partial charge is 0.119 e. The van der Waals surface area contributed by atoms with Gasteiger partial charge in [0.25, 0.3) is 0 Å². The monoisotopic (exact) mass is 293 g/mol. The van der Waals surface area contributed by atoms with Gasteiger partial charge in [0.05, 0.1) is 6.61 Å². The Morgan fingerprint density at radius 1 is 1.10 bits per heavy atom. The standard InChI is InChI=1S/C17H31N3O/c1-4-9-20(12-11-19(2)3)10-6-13-21-17-8-5-7-16(14-17)15-18/h5,7-8,14H,4,6,9-13,15,18H2,1-3H3. The summed E-state index contributed by atoms with van der Waals surface area (Å²) in [5.41, 5.74) is 6.75. The molecule has 21 heavy (non-hydrogen) atoms. The lowest BCUT2D eigenvalue weighted by molar-refractivity contribution is 0.216. The van der Waals surface area contributed by atoms with E-state index in [-0.39, 0.29) is 0 Å². The summed E-state index contributed by atoms with van der Waals surface area (Å²) in [7, 11) is 4.25. The number of ether oxygens (including phenoxy) is 1. The average molecular weight is 293 g/mol. The Hall–Kier alpha value is -1.10. The van der Waals surface area contributed by atoms with Crippen LogP contribution in [0.2, 0.25) is 0 Å². The van der Waals surface area contributed by atoms with Crippen LogP contribution in [0.5, 0.6) is 5.75 Å². The van der Waals surface area contributed by atoms with Crippen LogP contribution in [0.25, 0.3) is 0 Å². The van der Waals surface area contributed by atoms with Gasteiger partial charge in [0.1, 0.15) is 5.75 Å². The molecule has 0 aliphatic carbocycles. The molecule has 0 aliphatic rings. The highest BCUT2D eigenvalue weighted by molar-refractivity contribution is 5.28. The lowest BCUT2D eigenvalue weighted by Gasteiger charge is -2.23. The third-order valence-electron chi connectivity index (χ3n) is 3.42. The van der Waals surface area contributed by atoms with Crippen molar-refractivity contribution in [3.05, 3.63) is 29.8 Å². The van der Waals surface area contributed by atoms with Crippen molar-refractivity contribution in [3.63, 3.8) is 0 Å². The fourth-order valence-corrected chi connectivity index (χ4v) is 2.23. The number of nitrogens with zero attached hydrogens (tertiary/aromatic N) is 2. The lowest BCUT2D eigenvalue weighted by atomic mass is 10.2. The van der Waals surface area contributed by atoms with Gasteiger partial charge in [0.15, 0.2) is 0 Å². The van der Waals surface area contributed by atoms with Gasteiger partial charge in [-0.25, -0.2) is 0 Å². The summed E-state index contributed by atoms with van der Waals surface area (Å²) in [5, 5.41) is 0. The molecule has 1 aromatic rings. The van der Waals surface area contributed by atoms with Crippen molar-refractivity contribution in [2.75, 3.05) is 46.9 Å². The van der Waals surface area contributed by atoms with Crippen LogP contribution < -0.4 is 10.5 Å². The van der Waals surface area contributed by atoms with E-state index >= 15 is 0 Å². The molecular weight excluding hydrogens is 262 g/mol. The topological polar surface area (TPSA) is 41.7 Å². The summed E-state index contributed by atoms with van der Waals surface area (Å²) in [4.78, 5) is 4.75. The van der Waals surface area contributed by atoms with Gasteiger partial charge in [0, 0.05) is 26.2 Å². The molecule has 0 saturated carbocycles. The molecule has 0 saturated heterocycles. The van der Waals surface area contributed by atoms with E-state index in [4.69, 9.17) is 10.5 Å². The molecule has 0 heterocycles. The van der Waals surface area contributed by atoms with E-state index in [0.717, 1.165) is 50.5 Å².